The molecule has 134 valence electrons. The topological polar surface area (TPSA) is 64.1 Å². The number of hydrogen-bond donors (Lipinski definition) is 1. The zero-order valence-electron chi connectivity index (χ0n) is 15.0. The van der Waals surface area contributed by atoms with E-state index >= 15 is 0 Å². The van der Waals surface area contributed by atoms with E-state index in [1.807, 2.05) is 19.1 Å². The minimum absolute atomic E-state index is 0.0722. The van der Waals surface area contributed by atoms with Crippen molar-refractivity contribution in [3.63, 3.8) is 0 Å². The SMILES string of the molecule is Cc1nc(C(C)C)sc1C(=O)NCc1ccnc(OC2CCCC2)c1. The number of carbonyl (C=O) groups excluding carboxylic acids is 1. The van der Waals surface area contributed by atoms with E-state index in [2.05, 4.69) is 29.1 Å². The Labute approximate surface area is 152 Å². The second-order valence-corrected chi connectivity index (χ2v) is 7.86. The smallest absolute Gasteiger partial charge is 0.263 e. The fraction of sp³-hybridized carbons (Fsp3) is 0.526. The number of ether oxygens (including phenoxy) is 1. The molecule has 0 aliphatic heterocycles. The molecule has 5 nitrogen and oxygen atoms in total. The number of amides is 1. The van der Waals surface area contributed by atoms with Crippen molar-refractivity contribution in [2.24, 2.45) is 0 Å². The first-order chi connectivity index (χ1) is 12.0. The standard InChI is InChI=1S/C19H25N3O2S/c1-12(2)19-22-13(3)17(25-19)18(23)21-11-14-8-9-20-16(10-14)24-15-6-4-5-7-15/h8-10,12,15H,4-7,11H2,1-3H3,(H,21,23). The van der Waals surface area contributed by atoms with Crippen LogP contribution in [0.1, 0.15) is 71.4 Å². The van der Waals surface area contributed by atoms with Gasteiger partial charge in [-0.15, -0.1) is 11.3 Å². The molecule has 1 fully saturated rings. The third-order valence-corrected chi connectivity index (χ3v) is 5.81. The molecule has 2 heterocycles. The fourth-order valence-electron chi connectivity index (χ4n) is 2.94. The van der Waals surface area contributed by atoms with Crippen molar-refractivity contribution in [1.29, 1.82) is 0 Å². The molecule has 2 aromatic rings. The molecule has 1 aliphatic rings. The number of nitrogens with zero attached hydrogens (tertiary/aromatic N) is 2. The van der Waals surface area contributed by atoms with E-state index in [0.29, 0.717) is 23.2 Å². The minimum atomic E-state index is -0.0722. The summed E-state index contributed by atoms with van der Waals surface area (Å²) in [7, 11) is 0. The summed E-state index contributed by atoms with van der Waals surface area (Å²) in [4.78, 5) is 21.9. The van der Waals surface area contributed by atoms with Crippen LogP contribution in [-0.2, 0) is 6.54 Å². The van der Waals surface area contributed by atoms with Crippen LogP contribution in [-0.4, -0.2) is 22.0 Å². The Kier molecular flexibility index (Phi) is 5.68. The fourth-order valence-corrected chi connectivity index (χ4v) is 3.92. The molecule has 25 heavy (non-hydrogen) atoms. The van der Waals surface area contributed by atoms with E-state index in [1.165, 1.54) is 24.2 Å². The number of carbonyl (C=O) groups is 1. The summed E-state index contributed by atoms with van der Waals surface area (Å²) < 4.78 is 5.92. The molecular formula is C19H25N3O2S. The van der Waals surface area contributed by atoms with Crippen molar-refractivity contribution < 1.29 is 9.53 Å². The Morgan fingerprint density at radius 3 is 2.84 bits per heavy atom. The van der Waals surface area contributed by atoms with Crippen molar-refractivity contribution >= 4 is 17.2 Å². The average Bonchev–Trinajstić information content (AvgIpc) is 3.22. The van der Waals surface area contributed by atoms with Gasteiger partial charge in [0.05, 0.1) is 10.7 Å². The molecule has 1 N–H and O–H groups in total. The highest BCUT2D eigenvalue weighted by Crippen LogP contribution is 2.25. The summed E-state index contributed by atoms with van der Waals surface area (Å²) in [6.07, 6.45) is 6.68. The molecule has 0 saturated heterocycles. The minimum Gasteiger partial charge on any atom is -0.474 e. The predicted molar refractivity (Wildman–Crippen MR) is 99.2 cm³/mol. The summed E-state index contributed by atoms with van der Waals surface area (Å²) in [6, 6.07) is 3.82. The highest BCUT2D eigenvalue weighted by atomic mass is 32.1. The van der Waals surface area contributed by atoms with Gasteiger partial charge in [0.15, 0.2) is 0 Å². The van der Waals surface area contributed by atoms with E-state index in [-0.39, 0.29) is 12.0 Å². The number of pyridine rings is 1. The van der Waals surface area contributed by atoms with Gasteiger partial charge in [0.2, 0.25) is 5.88 Å². The van der Waals surface area contributed by atoms with Crippen molar-refractivity contribution in [2.75, 3.05) is 0 Å². The van der Waals surface area contributed by atoms with Gasteiger partial charge >= 0.3 is 0 Å². The van der Waals surface area contributed by atoms with Crippen LogP contribution in [0.25, 0.3) is 0 Å². The maximum atomic E-state index is 12.5. The maximum Gasteiger partial charge on any atom is 0.263 e. The molecule has 0 bridgehead atoms. The highest BCUT2D eigenvalue weighted by molar-refractivity contribution is 7.13. The lowest BCUT2D eigenvalue weighted by molar-refractivity contribution is 0.0954. The summed E-state index contributed by atoms with van der Waals surface area (Å²) in [5.74, 6) is 0.910. The van der Waals surface area contributed by atoms with Crippen LogP contribution in [0.4, 0.5) is 0 Å². The average molecular weight is 359 g/mol. The monoisotopic (exact) mass is 359 g/mol. The second-order valence-electron chi connectivity index (χ2n) is 6.83. The summed E-state index contributed by atoms with van der Waals surface area (Å²) in [6.45, 7) is 6.51. The highest BCUT2D eigenvalue weighted by Gasteiger charge is 2.18. The number of thiazole rings is 1. The van der Waals surface area contributed by atoms with Crippen LogP contribution in [0.15, 0.2) is 18.3 Å². The molecule has 0 aromatic carbocycles. The molecule has 2 aromatic heterocycles. The number of aromatic nitrogens is 2. The van der Waals surface area contributed by atoms with E-state index < -0.39 is 0 Å². The molecule has 0 spiro atoms. The van der Waals surface area contributed by atoms with Gasteiger partial charge < -0.3 is 10.1 Å². The third-order valence-electron chi connectivity index (χ3n) is 4.36. The van der Waals surface area contributed by atoms with Crippen LogP contribution in [0.3, 0.4) is 0 Å². The first-order valence-electron chi connectivity index (χ1n) is 8.90. The lowest BCUT2D eigenvalue weighted by Gasteiger charge is -2.12. The number of aryl methyl sites for hydroxylation is 1. The zero-order chi connectivity index (χ0) is 17.8. The van der Waals surface area contributed by atoms with Crippen LogP contribution in [0.5, 0.6) is 5.88 Å². The maximum absolute atomic E-state index is 12.5. The Balaban J connectivity index is 1.60. The van der Waals surface area contributed by atoms with Crippen molar-refractivity contribution in [3.8, 4) is 5.88 Å². The molecular weight excluding hydrogens is 334 g/mol. The summed E-state index contributed by atoms with van der Waals surface area (Å²) in [5, 5.41) is 3.98. The van der Waals surface area contributed by atoms with Crippen molar-refractivity contribution in [1.82, 2.24) is 15.3 Å². The molecule has 0 atom stereocenters. The van der Waals surface area contributed by atoms with Gasteiger partial charge in [0.25, 0.3) is 5.91 Å². The second kappa shape index (κ2) is 7.95. The summed E-state index contributed by atoms with van der Waals surface area (Å²) in [5.41, 5.74) is 1.79. The Bertz CT molecular complexity index is 736. The quantitative estimate of drug-likeness (QED) is 0.839. The lowest BCUT2D eigenvalue weighted by Crippen LogP contribution is -2.22. The van der Waals surface area contributed by atoms with Crippen molar-refractivity contribution in [3.05, 3.63) is 39.5 Å². The third kappa shape index (κ3) is 4.57. The lowest BCUT2D eigenvalue weighted by atomic mass is 10.2. The molecule has 1 amide bonds. The van der Waals surface area contributed by atoms with Gasteiger partial charge in [0, 0.05) is 24.7 Å². The Morgan fingerprint density at radius 2 is 2.16 bits per heavy atom. The van der Waals surface area contributed by atoms with Gasteiger partial charge in [-0.3, -0.25) is 4.79 Å². The van der Waals surface area contributed by atoms with Crippen LogP contribution < -0.4 is 10.1 Å². The first-order valence-corrected chi connectivity index (χ1v) is 9.71. The van der Waals surface area contributed by atoms with Crippen LogP contribution in [0, 0.1) is 6.92 Å². The number of rotatable bonds is 6. The Hall–Kier alpha value is -1.95. The van der Waals surface area contributed by atoms with Gasteiger partial charge in [0.1, 0.15) is 11.0 Å². The van der Waals surface area contributed by atoms with Gasteiger partial charge in [-0.2, -0.15) is 0 Å². The molecule has 0 radical (unpaired) electrons. The van der Waals surface area contributed by atoms with Crippen LogP contribution >= 0.6 is 11.3 Å². The van der Waals surface area contributed by atoms with Gasteiger partial charge in [-0.05, 0) is 44.2 Å². The van der Waals surface area contributed by atoms with E-state index in [0.717, 1.165) is 29.1 Å². The normalized spacial score (nSPS) is 14.9. The first kappa shape index (κ1) is 17.9. The molecule has 3 rings (SSSR count). The molecule has 0 unspecified atom stereocenters. The largest absolute Gasteiger partial charge is 0.474 e. The predicted octanol–water partition coefficient (Wildman–Crippen LogP) is 4.22. The number of nitrogens with one attached hydrogen (secondary N) is 1. The number of hydrogen-bond acceptors (Lipinski definition) is 5. The Morgan fingerprint density at radius 1 is 1.40 bits per heavy atom. The van der Waals surface area contributed by atoms with E-state index in [4.69, 9.17) is 4.74 Å². The van der Waals surface area contributed by atoms with Gasteiger partial charge in [-0.25, -0.2) is 9.97 Å². The van der Waals surface area contributed by atoms with Gasteiger partial charge in [-0.1, -0.05) is 13.8 Å². The molecule has 6 heteroatoms. The summed E-state index contributed by atoms with van der Waals surface area (Å²) >= 11 is 1.48. The zero-order valence-corrected chi connectivity index (χ0v) is 15.9. The van der Waals surface area contributed by atoms with Crippen molar-refractivity contribution in [2.45, 2.75) is 65.0 Å². The molecule has 1 saturated carbocycles. The van der Waals surface area contributed by atoms with E-state index in [1.54, 1.807) is 6.20 Å². The molecule has 1 aliphatic carbocycles. The van der Waals surface area contributed by atoms with Crippen LogP contribution in [0.2, 0.25) is 0 Å². The van der Waals surface area contributed by atoms with E-state index in [9.17, 15) is 4.79 Å².